The minimum atomic E-state index is 0.263. The molecule has 0 fully saturated rings. The molecule has 0 aliphatic carbocycles. The van der Waals surface area contributed by atoms with Crippen molar-refractivity contribution in [2.75, 3.05) is 0 Å². The molecule has 1 aliphatic heterocycles. The minimum Gasteiger partial charge on any atom is -0.302 e. The maximum Gasteiger partial charge on any atom is 0.0753 e. The van der Waals surface area contributed by atoms with Gasteiger partial charge in [-0.15, -0.1) is 0 Å². The van der Waals surface area contributed by atoms with Gasteiger partial charge < -0.3 is 5.43 Å². The number of nitrogens with zero attached hydrogens (tertiary/aromatic N) is 1. The summed E-state index contributed by atoms with van der Waals surface area (Å²) in [5, 5.41) is 4.75. The molecule has 1 aromatic carbocycles. The topological polar surface area (TPSA) is 24.4 Å². The monoisotopic (exact) mass is 180 g/mol. The molecule has 1 unspecified atom stereocenters. The van der Waals surface area contributed by atoms with Gasteiger partial charge in [0, 0.05) is 17.7 Å². The summed E-state index contributed by atoms with van der Waals surface area (Å²) in [4.78, 5) is 0. The van der Waals surface area contributed by atoms with Crippen LogP contribution in [0.5, 0.6) is 0 Å². The fourth-order valence-electron chi connectivity index (χ4n) is 1.31. The summed E-state index contributed by atoms with van der Waals surface area (Å²) in [7, 11) is 0. The van der Waals surface area contributed by atoms with E-state index in [-0.39, 0.29) is 6.04 Å². The van der Waals surface area contributed by atoms with E-state index in [1.807, 2.05) is 30.5 Å². The Hall–Kier alpha value is -1.02. The van der Waals surface area contributed by atoms with Gasteiger partial charge in [-0.25, -0.2) is 0 Å². The molecule has 1 N–H and O–H groups in total. The van der Waals surface area contributed by atoms with Crippen LogP contribution in [0.25, 0.3) is 0 Å². The molecule has 0 saturated carbocycles. The van der Waals surface area contributed by atoms with Gasteiger partial charge in [0.1, 0.15) is 0 Å². The first-order chi connectivity index (χ1) is 5.88. The lowest BCUT2D eigenvalue weighted by molar-refractivity contribution is 0.620. The third-order valence-electron chi connectivity index (χ3n) is 1.94. The zero-order valence-electron chi connectivity index (χ0n) is 6.50. The highest BCUT2D eigenvalue weighted by Crippen LogP contribution is 2.25. The average molecular weight is 181 g/mol. The van der Waals surface area contributed by atoms with Crippen LogP contribution >= 0.6 is 11.6 Å². The molecular formula is C9H9ClN2. The van der Waals surface area contributed by atoms with Crippen LogP contribution in [0.1, 0.15) is 18.0 Å². The number of rotatable bonds is 1. The Balaban J connectivity index is 2.27. The summed E-state index contributed by atoms with van der Waals surface area (Å²) in [6.07, 6.45) is 2.79. The van der Waals surface area contributed by atoms with Crippen molar-refractivity contribution < 1.29 is 0 Å². The number of hydrazone groups is 1. The smallest absolute Gasteiger partial charge is 0.0753 e. The van der Waals surface area contributed by atoms with Crippen LogP contribution in [0.2, 0.25) is 5.02 Å². The molecule has 1 heterocycles. The normalized spacial score (nSPS) is 20.9. The van der Waals surface area contributed by atoms with E-state index in [0.717, 1.165) is 17.0 Å². The molecule has 0 amide bonds. The molecule has 0 radical (unpaired) electrons. The van der Waals surface area contributed by atoms with E-state index in [1.54, 1.807) is 0 Å². The number of hydrogen-bond donors (Lipinski definition) is 1. The Kier molecular flexibility index (Phi) is 2.00. The molecule has 0 spiro atoms. The number of hydrogen-bond acceptors (Lipinski definition) is 2. The Morgan fingerprint density at radius 2 is 2.25 bits per heavy atom. The van der Waals surface area contributed by atoms with Gasteiger partial charge in [0.2, 0.25) is 0 Å². The van der Waals surface area contributed by atoms with E-state index < -0.39 is 0 Å². The highest BCUT2D eigenvalue weighted by molar-refractivity contribution is 6.31. The minimum absolute atomic E-state index is 0.263. The lowest BCUT2D eigenvalue weighted by Gasteiger charge is -2.10. The summed E-state index contributed by atoms with van der Waals surface area (Å²) in [6, 6.07) is 8.10. The molecule has 2 nitrogen and oxygen atoms in total. The third-order valence-corrected chi connectivity index (χ3v) is 2.29. The SMILES string of the molecule is Clc1ccccc1C1CC=NN1. The zero-order valence-corrected chi connectivity index (χ0v) is 7.25. The number of halogens is 1. The van der Waals surface area contributed by atoms with Crippen molar-refractivity contribution in [3.8, 4) is 0 Å². The molecule has 0 bridgehead atoms. The molecule has 1 atom stereocenters. The molecule has 62 valence electrons. The van der Waals surface area contributed by atoms with Crippen molar-refractivity contribution in [1.29, 1.82) is 0 Å². The van der Waals surface area contributed by atoms with Gasteiger partial charge in [0.05, 0.1) is 6.04 Å². The summed E-state index contributed by atoms with van der Waals surface area (Å²) in [5.74, 6) is 0. The summed E-state index contributed by atoms with van der Waals surface area (Å²) in [6.45, 7) is 0. The van der Waals surface area contributed by atoms with Crippen LogP contribution in [-0.4, -0.2) is 6.21 Å². The van der Waals surface area contributed by atoms with E-state index >= 15 is 0 Å². The van der Waals surface area contributed by atoms with Gasteiger partial charge in [-0.1, -0.05) is 29.8 Å². The zero-order chi connectivity index (χ0) is 8.39. The maximum absolute atomic E-state index is 6.01. The van der Waals surface area contributed by atoms with E-state index in [9.17, 15) is 0 Å². The van der Waals surface area contributed by atoms with E-state index in [2.05, 4.69) is 10.5 Å². The van der Waals surface area contributed by atoms with Gasteiger partial charge >= 0.3 is 0 Å². The Bertz CT molecular complexity index is 301. The molecule has 0 aromatic heterocycles. The van der Waals surface area contributed by atoms with Gasteiger partial charge in [-0.2, -0.15) is 5.10 Å². The first-order valence-corrected chi connectivity index (χ1v) is 4.27. The van der Waals surface area contributed by atoms with E-state index in [0.29, 0.717) is 0 Å². The summed E-state index contributed by atoms with van der Waals surface area (Å²) in [5.41, 5.74) is 4.12. The van der Waals surface area contributed by atoms with Crippen LogP contribution in [0.15, 0.2) is 29.4 Å². The average Bonchev–Trinajstić information content (AvgIpc) is 2.57. The quantitative estimate of drug-likeness (QED) is 0.705. The van der Waals surface area contributed by atoms with Crippen molar-refractivity contribution in [2.24, 2.45) is 5.10 Å². The second-order valence-electron chi connectivity index (χ2n) is 2.75. The lowest BCUT2D eigenvalue weighted by atomic mass is 10.1. The summed E-state index contributed by atoms with van der Waals surface area (Å²) < 4.78 is 0. The third kappa shape index (κ3) is 1.30. The second-order valence-corrected chi connectivity index (χ2v) is 3.16. The van der Waals surface area contributed by atoms with Gasteiger partial charge in [0.15, 0.2) is 0 Å². The predicted octanol–water partition coefficient (Wildman–Crippen LogP) is 2.36. The van der Waals surface area contributed by atoms with Gasteiger partial charge in [-0.05, 0) is 11.6 Å². The fourth-order valence-corrected chi connectivity index (χ4v) is 1.58. The van der Waals surface area contributed by atoms with Crippen molar-refractivity contribution in [3.63, 3.8) is 0 Å². The maximum atomic E-state index is 6.01. The molecule has 0 saturated heterocycles. The molecular weight excluding hydrogens is 172 g/mol. The number of benzene rings is 1. The van der Waals surface area contributed by atoms with E-state index in [4.69, 9.17) is 11.6 Å². The standard InChI is InChI=1S/C9H9ClN2/c10-8-4-2-1-3-7(8)9-5-6-11-12-9/h1-4,6,9,12H,5H2. The molecule has 1 aliphatic rings. The van der Waals surface area contributed by atoms with Crippen molar-refractivity contribution in [3.05, 3.63) is 34.9 Å². The van der Waals surface area contributed by atoms with E-state index in [1.165, 1.54) is 0 Å². The highest BCUT2D eigenvalue weighted by Gasteiger charge is 2.14. The molecule has 12 heavy (non-hydrogen) atoms. The first kappa shape index (κ1) is 7.62. The van der Waals surface area contributed by atoms with Crippen LogP contribution in [0, 0.1) is 0 Å². The predicted molar refractivity (Wildman–Crippen MR) is 50.4 cm³/mol. The van der Waals surface area contributed by atoms with Crippen molar-refractivity contribution in [2.45, 2.75) is 12.5 Å². The highest BCUT2D eigenvalue weighted by atomic mass is 35.5. The lowest BCUT2D eigenvalue weighted by Crippen LogP contribution is -2.09. The van der Waals surface area contributed by atoms with Crippen molar-refractivity contribution in [1.82, 2.24) is 5.43 Å². The van der Waals surface area contributed by atoms with Gasteiger partial charge in [0.25, 0.3) is 0 Å². The largest absolute Gasteiger partial charge is 0.302 e. The molecule has 2 rings (SSSR count). The Labute approximate surface area is 76.2 Å². The first-order valence-electron chi connectivity index (χ1n) is 3.89. The molecule has 1 aromatic rings. The summed E-state index contributed by atoms with van der Waals surface area (Å²) >= 11 is 6.01. The second kappa shape index (κ2) is 3.15. The number of nitrogens with one attached hydrogen (secondary N) is 1. The van der Waals surface area contributed by atoms with Crippen molar-refractivity contribution >= 4 is 17.8 Å². The van der Waals surface area contributed by atoms with Gasteiger partial charge in [-0.3, -0.25) is 0 Å². The Morgan fingerprint density at radius 1 is 1.42 bits per heavy atom. The van der Waals surface area contributed by atoms with Crippen LogP contribution < -0.4 is 5.43 Å². The Morgan fingerprint density at radius 3 is 2.92 bits per heavy atom. The molecule has 3 heteroatoms. The van der Waals surface area contributed by atoms with Crippen LogP contribution in [0.3, 0.4) is 0 Å². The van der Waals surface area contributed by atoms with Crippen LogP contribution in [0.4, 0.5) is 0 Å². The van der Waals surface area contributed by atoms with Crippen LogP contribution in [-0.2, 0) is 0 Å². The fraction of sp³-hybridized carbons (Fsp3) is 0.222.